The van der Waals surface area contributed by atoms with Crippen molar-refractivity contribution in [3.05, 3.63) is 23.8 Å². The molecule has 3 N–H and O–H groups in total. The van der Waals surface area contributed by atoms with Gasteiger partial charge in [-0.05, 0) is 37.5 Å². The molecule has 0 radical (unpaired) electrons. The fourth-order valence-corrected chi connectivity index (χ4v) is 2.85. The van der Waals surface area contributed by atoms with Crippen LogP contribution in [0.15, 0.2) is 18.2 Å². The van der Waals surface area contributed by atoms with Gasteiger partial charge in [-0.15, -0.1) is 0 Å². The first-order valence-electron chi connectivity index (χ1n) is 8.18. The van der Waals surface area contributed by atoms with Gasteiger partial charge in [0.2, 0.25) is 5.91 Å². The second-order valence-electron chi connectivity index (χ2n) is 6.22. The molecule has 1 fully saturated rings. The normalized spacial score (nSPS) is 20.3. The Morgan fingerprint density at radius 1 is 1.31 bits per heavy atom. The minimum absolute atomic E-state index is 0.0161. The summed E-state index contributed by atoms with van der Waals surface area (Å²) in [5.74, 6) is -1.62. The highest BCUT2D eigenvalue weighted by molar-refractivity contribution is 5.96. The quantitative estimate of drug-likeness (QED) is 0.774. The molecule has 1 aromatic rings. The van der Waals surface area contributed by atoms with Gasteiger partial charge in [0, 0.05) is 12.0 Å². The number of halogens is 3. The maximum absolute atomic E-state index is 12.5. The smallest absolute Gasteiger partial charge is 0.422 e. The zero-order valence-corrected chi connectivity index (χ0v) is 14.3. The number of nitrogens with two attached hydrogens (primary N) is 1. The molecule has 0 spiro atoms. The van der Waals surface area contributed by atoms with E-state index in [1.807, 2.05) is 0 Å². The monoisotopic (exact) mass is 374 g/mol. The van der Waals surface area contributed by atoms with Gasteiger partial charge in [0.05, 0.1) is 18.4 Å². The topological polar surface area (TPSA) is 90.7 Å². The molecule has 1 aliphatic carbocycles. The van der Waals surface area contributed by atoms with Crippen LogP contribution in [0, 0.1) is 5.92 Å². The minimum Gasteiger partial charge on any atom is -0.482 e. The van der Waals surface area contributed by atoms with Gasteiger partial charge in [0.1, 0.15) is 5.75 Å². The van der Waals surface area contributed by atoms with Gasteiger partial charge < -0.3 is 20.5 Å². The molecular formula is C17H21F3N2O4. The molecule has 6 nitrogen and oxygen atoms in total. The van der Waals surface area contributed by atoms with E-state index in [-0.39, 0.29) is 34.9 Å². The van der Waals surface area contributed by atoms with E-state index in [1.54, 1.807) is 0 Å². The highest BCUT2D eigenvalue weighted by Crippen LogP contribution is 2.30. The first kappa shape index (κ1) is 20.0. The van der Waals surface area contributed by atoms with Crippen LogP contribution in [0.5, 0.6) is 5.75 Å². The van der Waals surface area contributed by atoms with Gasteiger partial charge in [0.15, 0.2) is 6.61 Å². The van der Waals surface area contributed by atoms with Gasteiger partial charge in [-0.25, -0.2) is 4.79 Å². The average molecular weight is 374 g/mol. The third-order valence-corrected chi connectivity index (χ3v) is 4.14. The van der Waals surface area contributed by atoms with Crippen LogP contribution in [0.4, 0.5) is 18.9 Å². The molecule has 0 bridgehead atoms. The van der Waals surface area contributed by atoms with E-state index in [0.717, 1.165) is 26.0 Å². The van der Waals surface area contributed by atoms with Gasteiger partial charge >= 0.3 is 12.1 Å². The van der Waals surface area contributed by atoms with Crippen LogP contribution in [-0.2, 0) is 9.53 Å². The Balaban J connectivity index is 2.19. The second kappa shape index (κ2) is 8.39. The molecule has 1 aromatic carbocycles. The Kier molecular flexibility index (Phi) is 6.47. The molecule has 2 unspecified atom stereocenters. The SMILES string of the molecule is COC(=O)c1ccc(NC(=O)C2CCCC(N)C2)c(OCC(F)(F)F)c1. The Morgan fingerprint density at radius 3 is 2.65 bits per heavy atom. The molecule has 9 heteroatoms. The molecular weight excluding hydrogens is 353 g/mol. The number of rotatable bonds is 5. The molecule has 1 aliphatic rings. The molecule has 0 aliphatic heterocycles. The number of carbonyl (C=O) groups excluding carboxylic acids is 2. The number of ether oxygens (including phenoxy) is 2. The first-order valence-corrected chi connectivity index (χ1v) is 8.18. The number of hydrogen-bond donors (Lipinski definition) is 2. The van der Waals surface area contributed by atoms with Crippen molar-refractivity contribution in [2.24, 2.45) is 11.7 Å². The molecule has 26 heavy (non-hydrogen) atoms. The van der Waals surface area contributed by atoms with Crippen LogP contribution in [0.1, 0.15) is 36.0 Å². The highest BCUT2D eigenvalue weighted by atomic mass is 19.4. The number of esters is 1. The van der Waals surface area contributed by atoms with Crippen molar-refractivity contribution in [2.75, 3.05) is 19.0 Å². The van der Waals surface area contributed by atoms with E-state index < -0.39 is 18.8 Å². The van der Waals surface area contributed by atoms with E-state index in [4.69, 9.17) is 10.5 Å². The van der Waals surface area contributed by atoms with Crippen molar-refractivity contribution >= 4 is 17.6 Å². The lowest BCUT2D eigenvalue weighted by atomic mass is 9.85. The summed E-state index contributed by atoms with van der Waals surface area (Å²) < 4.78 is 46.8. The summed E-state index contributed by atoms with van der Waals surface area (Å²) in [6, 6.07) is 3.70. The number of hydrogen-bond acceptors (Lipinski definition) is 5. The second-order valence-corrected chi connectivity index (χ2v) is 6.22. The van der Waals surface area contributed by atoms with Crippen molar-refractivity contribution in [3.63, 3.8) is 0 Å². The molecule has 0 aromatic heterocycles. The molecule has 1 amide bonds. The lowest BCUT2D eigenvalue weighted by Gasteiger charge is -2.26. The maximum atomic E-state index is 12.5. The third kappa shape index (κ3) is 5.62. The highest BCUT2D eigenvalue weighted by Gasteiger charge is 2.30. The summed E-state index contributed by atoms with van der Waals surface area (Å²) in [5.41, 5.74) is 5.95. The molecule has 1 saturated carbocycles. The van der Waals surface area contributed by atoms with E-state index in [2.05, 4.69) is 10.1 Å². The summed E-state index contributed by atoms with van der Waals surface area (Å²) >= 11 is 0. The Bertz CT molecular complexity index is 664. The van der Waals surface area contributed by atoms with Crippen LogP contribution in [0.25, 0.3) is 0 Å². The number of amides is 1. The maximum Gasteiger partial charge on any atom is 0.422 e. The van der Waals surface area contributed by atoms with Gasteiger partial charge in [-0.1, -0.05) is 6.42 Å². The third-order valence-electron chi connectivity index (χ3n) is 4.14. The molecule has 2 rings (SSSR count). The van der Waals surface area contributed by atoms with Crippen molar-refractivity contribution in [3.8, 4) is 5.75 Å². The van der Waals surface area contributed by atoms with Crippen molar-refractivity contribution < 1.29 is 32.2 Å². The zero-order valence-electron chi connectivity index (χ0n) is 14.3. The number of alkyl halides is 3. The van der Waals surface area contributed by atoms with E-state index in [1.165, 1.54) is 12.1 Å². The molecule has 0 saturated heterocycles. The fourth-order valence-electron chi connectivity index (χ4n) is 2.85. The van der Waals surface area contributed by atoms with E-state index in [9.17, 15) is 22.8 Å². The first-order chi connectivity index (χ1) is 12.2. The van der Waals surface area contributed by atoms with Crippen LogP contribution >= 0.6 is 0 Å². The van der Waals surface area contributed by atoms with E-state index >= 15 is 0 Å². The van der Waals surface area contributed by atoms with Crippen molar-refractivity contribution in [1.82, 2.24) is 0 Å². The van der Waals surface area contributed by atoms with Crippen molar-refractivity contribution in [2.45, 2.75) is 37.9 Å². The van der Waals surface area contributed by atoms with Gasteiger partial charge in [-0.2, -0.15) is 13.2 Å². The number of nitrogens with one attached hydrogen (secondary N) is 1. The minimum atomic E-state index is -4.56. The number of anilines is 1. The zero-order chi connectivity index (χ0) is 19.3. The summed E-state index contributed by atoms with van der Waals surface area (Å²) in [6.45, 7) is -1.55. The van der Waals surface area contributed by atoms with Crippen LogP contribution in [0.2, 0.25) is 0 Å². The van der Waals surface area contributed by atoms with Crippen LogP contribution in [0.3, 0.4) is 0 Å². The lowest BCUT2D eigenvalue weighted by Crippen LogP contribution is -2.34. The van der Waals surface area contributed by atoms with E-state index in [0.29, 0.717) is 12.8 Å². The predicted molar refractivity (Wildman–Crippen MR) is 87.9 cm³/mol. The molecule has 144 valence electrons. The van der Waals surface area contributed by atoms with Crippen molar-refractivity contribution in [1.29, 1.82) is 0 Å². The number of carbonyl (C=O) groups is 2. The number of benzene rings is 1. The van der Waals surface area contributed by atoms with Crippen LogP contribution < -0.4 is 15.8 Å². The van der Waals surface area contributed by atoms with Gasteiger partial charge in [-0.3, -0.25) is 4.79 Å². The van der Waals surface area contributed by atoms with Crippen LogP contribution in [-0.4, -0.2) is 37.8 Å². The molecule has 2 atom stereocenters. The molecule has 0 heterocycles. The Labute approximate surface area is 148 Å². The Hall–Kier alpha value is -2.29. The summed E-state index contributed by atoms with van der Waals surface area (Å²) in [7, 11) is 1.15. The summed E-state index contributed by atoms with van der Waals surface area (Å²) in [5, 5.41) is 2.58. The largest absolute Gasteiger partial charge is 0.482 e. The fraction of sp³-hybridized carbons (Fsp3) is 0.529. The lowest BCUT2D eigenvalue weighted by molar-refractivity contribution is -0.153. The number of methoxy groups -OCH3 is 1. The summed E-state index contributed by atoms with van der Waals surface area (Å²) in [6.07, 6.45) is -1.71. The Morgan fingerprint density at radius 2 is 2.04 bits per heavy atom. The standard InChI is InChI=1S/C17H21F3N2O4/c1-25-16(24)11-5-6-13(14(8-11)26-9-17(18,19)20)22-15(23)10-3-2-4-12(21)7-10/h5-6,8,10,12H,2-4,7,9,21H2,1H3,(H,22,23). The average Bonchev–Trinajstić information content (AvgIpc) is 2.59. The summed E-state index contributed by atoms with van der Waals surface area (Å²) in [4.78, 5) is 24.0. The van der Waals surface area contributed by atoms with Gasteiger partial charge in [0.25, 0.3) is 0 Å². The predicted octanol–water partition coefficient (Wildman–Crippen LogP) is 2.87.